The lowest BCUT2D eigenvalue weighted by molar-refractivity contribution is 0.642. The summed E-state index contributed by atoms with van der Waals surface area (Å²) in [6.07, 6.45) is 0. The van der Waals surface area contributed by atoms with Crippen LogP contribution >= 0.6 is 0 Å². The van der Waals surface area contributed by atoms with Crippen molar-refractivity contribution >= 4 is 44.9 Å². The maximum atomic E-state index is 6.25. The Kier molecular flexibility index (Phi) is 4.42. The summed E-state index contributed by atoms with van der Waals surface area (Å²) in [5.41, 5.74) is 5.83. The Morgan fingerprint density at radius 3 is 2.00 bits per heavy atom. The number of aromatic nitrogens is 2. The van der Waals surface area contributed by atoms with Crippen molar-refractivity contribution in [3.8, 4) is 11.3 Å². The number of hydrogen-bond donors (Lipinski definition) is 0. The van der Waals surface area contributed by atoms with E-state index in [0.29, 0.717) is 5.84 Å². The molecule has 0 N–H and O–H groups in total. The summed E-state index contributed by atoms with van der Waals surface area (Å²) in [6.45, 7) is 0. The van der Waals surface area contributed by atoms with E-state index in [4.69, 9.17) is 9.40 Å². The van der Waals surface area contributed by atoms with Gasteiger partial charge in [-0.1, -0.05) is 91.0 Å². The molecule has 35 heavy (non-hydrogen) atoms. The van der Waals surface area contributed by atoms with Gasteiger partial charge in [0.25, 0.3) is 0 Å². The predicted octanol–water partition coefficient (Wildman–Crippen LogP) is 8.37. The molecule has 0 amide bonds. The number of para-hydroxylation sites is 4. The Balaban J connectivity index is 1.64. The molecule has 0 aliphatic carbocycles. The highest BCUT2D eigenvalue weighted by molar-refractivity contribution is 6.01. The molecule has 0 spiro atoms. The molecular formula is C31H21N3O. The number of hydrogen-bond acceptors (Lipinski definition) is 3. The minimum absolute atomic E-state index is 0.570. The zero-order chi connectivity index (χ0) is 23.2. The first kappa shape index (κ1) is 19.6. The fraction of sp³-hybridized carbons (Fsp3) is 0. The zero-order valence-corrected chi connectivity index (χ0v) is 18.9. The summed E-state index contributed by atoms with van der Waals surface area (Å²) in [6, 6.07) is 43.7. The van der Waals surface area contributed by atoms with Crippen LogP contribution in [0.25, 0.3) is 39.0 Å². The molecule has 2 heterocycles. The van der Waals surface area contributed by atoms with Crippen molar-refractivity contribution in [3.05, 3.63) is 127 Å². The van der Waals surface area contributed by atoms with Gasteiger partial charge in [-0.15, -0.1) is 0 Å². The van der Waals surface area contributed by atoms with Crippen LogP contribution < -0.4 is 4.90 Å². The fourth-order valence-electron chi connectivity index (χ4n) is 4.87. The van der Waals surface area contributed by atoms with Crippen LogP contribution in [0, 0.1) is 0 Å². The van der Waals surface area contributed by atoms with E-state index >= 15 is 0 Å². The number of anilines is 3. The third-order valence-corrected chi connectivity index (χ3v) is 6.42. The Labute approximate surface area is 202 Å². The van der Waals surface area contributed by atoms with E-state index in [0.717, 1.165) is 44.9 Å². The van der Waals surface area contributed by atoms with Crippen LogP contribution in [-0.4, -0.2) is 9.38 Å². The van der Waals surface area contributed by atoms with Crippen LogP contribution in [0.1, 0.15) is 0 Å². The van der Waals surface area contributed by atoms with Gasteiger partial charge in [0.2, 0.25) is 0 Å². The highest BCUT2D eigenvalue weighted by Crippen LogP contribution is 2.44. The number of nitrogens with zero attached hydrogens (tertiary/aromatic N) is 3. The van der Waals surface area contributed by atoms with E-state index < -0.39 is 0 Å². The van der Waals surface area contributed by atoms with Gasteiger partial charge in [-0.05, 0) is 47.2 Å². The molecule has 166 valence electrons. The van der Waals surface area contributed by atoms with Gasteiger partial charge in [-0.25, -0.2) is 4.40 Å². The van der Waals surface area contributed by atoms with Crippen molar-refractivity contribution < 1.29 is 4.42 Å². The minimum atomic E-state index is 0.570. The first-order valence-electron chi connectivity index (χ1n) is 11.7. The van der Waals surface area contributed by atoms with Gasteiger partial charge in [-0.2, -0.15) is 4.98 Å². The van der Waals surface area contributed by atoms with Crippen molar-refractivity contribution in [3.63, 3.8) is 0 Å². The minimum Gasteiger partial charge on any atom is -0.423 e. The van der Waals surface area contributed by atoms with Crippen LogP contribution in [0.4, 0.5) is 17.2 Å². The number of rotatable bonds is 4. The molecule has 0 aliphatic rings. The van der Waals surface area contributed by atoms with Gasteiger partial charge in [-0.3, -0.25) is 4.90 Å². The van der Waals surface area contributed by atoms with E-state index in [1.807, 2.05) is 30.3 Å². The quantitative estimate of drug-likeness (QED) is 0.269. The molecule has 0 unspecified atom stereocenters. The maximum Gasteiger partial charge on any atom is 0.309 e. The monoisotopic (exact) mass is 451 g/mol. The van der Waals surface area contributed by atoms with Crippen molar-refractivity contribution in [1.82, 2.24) is 9.38 Å². The molecule has 0 fully saturated rings. The van der Waals surface area contributed by atoms with Gasteiger partial charge in [0.05, 0.1) is 5.52 Å². The van der Waals surface area contributed by atoms with Gasteiger partial charge in [0, 0.05) is 16.9 Å². The topological polar surface area (TPSA) is 33.7 Å². The number of oxazole rings is 1. The van der Waals surface area contributed by atoms with Crippen LogP contribution in [-0.2, 0) is 0 Å². The van der Waals surface area contributed by atoms with Gasteiger partial charge < -0.3 is 4.42 Å². The molecule has 0 atom stereocenters. The van der Waals surface area contributed by atoms with Crippen molar-refractivity contribution in [2.24, 2.45) is 0 Å². The predicted molar refractivity (Wildman–Crippen MR) is 143 cm³/mol. The third-order valence-electron chi connectivity index (χ3n) is 6.42. The molecule has 0 aliphatic heterocycles. The summed E-state index contributed by atoms with van der Waals surface area (Å²) in [4.78, 5) is 7.36. The molecule has 0 saturated heterocycles. The van der Waals surface area contributed by atoms with Crippen LogP contribution in [0.3, 0.4) is 0 Å². The molecule has 2 aromatic heterocycles. The van der Waals surface area contributed by atoms with E-state index in [-0.39, 0.29) is 0 Å². The van der Waals surface area contributed by atoms with E-state index in [1.165, 1.54) is 5.39 Å². The largest absolute Gasteiger partial charge is 0.423 e. The fourth-order valence-corrected chi connectivity index (χ4v) is 4.87. The molecule has 5 aromatic carbocycles. The smallest absolute Gasteiger partial charge is 0.309 e. The molecule has 7 rings (SSSR count). The lowest BCUT2D eigenvalue weighted by Gasteiger charge is -2.25. The van der Waals surface area contributed by atoms with E-state index in [2.05, 4.69) is 106 Å². The van der Waals surface area contributed by atoms with Crippen LogP contribution in [0.15, 0.2) is 132 Å². The van der Waals surface area contributed by atoms with Crippen LogP contribution in [0.5, 0.6) is 0 Å². The Morgan fingerprint density at radius 1 is 0.600 bits per heavy atom. The van der Waals surface area contributed by atoms with Crippen LogP contribution in [0.2, 0.25) is 0 Å². The second-order valence-electron chi connectivity index (χ2n) is 8.51. The van der Waals surface area contributed by atoms with Gasteiger partial charge >= 0.3 is 5.84 Å². The lowest BCUT2D eigenvalue weighted by atomic mass is 10.0. The summed E-state index contributed by atoms with van der Waals surface area (Å²) in [7, 11) is 0. The first-order valence-corrected chi connectivity index (χ1v) is 11.7. The number of imidazole rings is 1. The Bertz CT molecular complexity index is 1750. The average Bonchev–Trinajstić information content (AvgIpc) is 3.46. The standard InChI is InChI=1S/C31H21N3O/c1-3-14-23(15-4-1)33(24-16-5-2-6-17-24)30-29(26-19-11-13-22-12-7-8-18-25(22)26)32-31-34(30)27-20-9-10-21-28(27)35-31/h1-21H. The summed E-state index contributed by atoms with van der Waals surface area (Å²) < 4.78 is 8.39. The van der Waals surface area contributed by atoms with Crippen molar-refractivity contribution in [2.75, 3.05) is 4.90 Å². The number of benzene rings is 5. The molecule has 4 heteroatoms. The second kappa shape index (κ2) is 7.89. The summed E-state index contributed by atoms with van der Waals surface area (Å²) in [5.74, 6) is 1.51. The normalized spacial score (nSPS) is 11.4. The highest BCUT2D eigenvalue weighted by Gasteiger charge is 2.27. The molecule has 7 aromatic rings. The lowest BCUT2D eigenvalue weighted by Crippen LogP contribution is -2.13. The summed E-state index contributed by atoms with van der Waals surface area (Å²) >= 11 is 0. The van der Waals surface area contributed by atoms with Crippen molar-refractivity contribution in [1.29, 1.82) is 0 Å². The Morgan fingerprint density at radius 2 is 1.23 bits per heavy atom. The molecule has 0 bridgehead atoms. The Hall–Kier alpha value is -4.83. The number of fused-ring (bicyclic) bond motifs is 4. The molecule has 0 radical (unpaired) electrons. The van der Waals surface area contributed by atoms with Crippen molar-refractivity contribution in [2.45, 2.75) is 0 Å². The maximum absolute atomic E-state index is 6.25. The highest BCUT2D eigenvalue weighted by atomic mass is 16.4. The van der Waals surface area contributed by atoms with Gasteiger partial charge in [0.15, 0.2) is 11.4 Å². The SMILES string of the molecule is c1ccc(N(c2ccccc2)c2c(-c3cccc4ccccc34)nc3oc4ccccc4n23)cc1. The molecule has 4 nitrogen and oxygen atoms in total. The van der Waals surface area contributed by atoms with Gasteiger partial charge in [0.1, 0.15) is 5.69 Å². The zero-order valence-electron chi connectivity index (χ0n) is 18.9. The average molecular weight is 452 g/mol. The van der Waals surface area contributed by atoms with E-state index in [9.17, 15) is 0 Å². The first-order chi connectivity index (χ1) is 17.4. The molecule has 0 saturated carbocycles. The third kappa shape index (κ3) is 3.11. The summed E-state index contributed by atoms with van der Waals surface area (Å²) in [5, 5.41) is 2.33. The molecular weight excluding hydrogens is 430 g/mol. The van der Waals surface area contributed by atoms with E-state index in [1.54, 1.807) is 0 Å². The second-order valence-corrected chi connectivity index (χ2v) is 8.51.